The molecule has 1 aliphatic rings. The molecular formula is C21H22N4O2S. The van der Waals surface area contributed by atoms with Gasteiger partial charge in [-0.25, -0.2) is 0 Å². The van der Waals surface area contributed by atoms with Gasteiger partial charge in [0, 0.05) is 43.3 Å². The second-order valence-corrected chi connectivity index (χ2v) is 7.84. The van der Waals surface area contributed by atoms with Crippen molar-refractivity contribution in [2.75, 3.05) is 26.2 Å². The van der Waals surface area contributed by atoms with Crippen LogP contribution in [0.5, 0.6) is 0 Å². The van der Waals surface area contributed by atoms with Gasteiger partial charge in [-0.3, -0.25) is 14.6 Å². The summed E-state index contributed by atoms with van der Waals surface area (Å²) in [5, 5.41) is 3.25. The van der Waals surface area contributed by atoms with Gasteiger partial charge >= 0.3 is 0 Å². The number of hydrogen-bond donors (Lipinski definition) is 1. The van der Waals surface area contributed by atoms with E-state index in [4.69, 9.17) is 5.73 Å². The number of rotatable bonds is 4. The van der Waals surface area contributed by atoms with Gasteiger partial charge in [0.05, 0.1) is 11.6 Å². The standard InChI is InChI=1S/C21H22N4O2S/c22-18(12-16-14-28-19-6-2-1-5-17(16)19)21(27)25-10-8-24(9-11-25)20(26)15-4-3-7-23-13-15/h1-7,13-14,18H,8-12,22H2. The van der Waals surface area contributed by atoms with Crippen LogP contribution in [0.1, 0.15) is 15.9 Å². The number of benzene rings is 1. The third-order valence-corrected chi connectivity index (χ3v) is 6.12. The number of piperazine rings is 1. The number of carbonyl (C=O) groups excluding carboxylic acids is 2. The highest BCUT2D eigenvalue weighted by Crippen LogP contribution is 2.26. The molecule has 1 aliphatic heterocycles. The number of carbonyl (C=O) groups is 2. The number of aromatic nitrogens is 1. The lowest BCUT2D eigenvalue weighted by molar-refractivity contribution is -0.134. The van der Waals surface area contributed by atoms with Crippen molar-refractivity contribution in [3.63, 3.8) is 0 Å². The minimum absolute atomic E-state index is 0.0470. The van der Waals surface area contributed by atoms with E-state index in [1.807, 2.05) is 12.1 Å². The Hall–Kier alpha value is -2.77. The number of hydrogen-bond acceptors (Lipinski definition) is 5. The van der Waals surface area contributed by atoms with Crippen LogP contribution in [0, 0.1) is 0 Å². The first-order chi connectivity index (χ1) is 13.6. The normalized spacial score (nSPS) is 15.6. The van der Waals surface area contributed by atoms with Gasteiger partial charge in [-0.05, 0) is 40.9 Å². The van der Waals surface area contributed by atoms with Crippen molar-refractivity contribution in [1.82, 2.24) is 14.8 Å². The van der Waals surface area contributed by atoms with E-state index in [0.29, 0.717) is 38.2 Å². The third-order valence-electron chi connectivity index (χ3n) is 5.11. The van der Waals surface area contributed by atoms with Gasteiger partial charge in [0.25, 0.3) is 5.91 Å². The number of nitrogens with zero attached hydrogens (tertiary/aromatic N) is 3. The quantitative estimate of drug-likeness (QED) is 0.735. The molecule has 2 aromatic heterocycles. The Balaban J connectivity index is 1.35. The molecule has 1 aromatic carbocycles. The molecule has 0 radical (unpaired) electrons. The summed E-state index contributed by atoms with van der Waals surface area (Å²) in [5.41, 5.74) is 7.93. The van der Waals surface area contributed by atoms with Crippen molar-refractivity contribution in [2.45, 2.75) is 12.5 Å². The maximum atomic E-state index is 12.8. The van der Waals surface area contributed by atoms with E-state index in [0.717, 1.165) is 5.56 Å². The van der Waals surface area contributed by atoms with Gasteiger partial charge in [-0.2, -0.15) is 0 Å². The lowest BCUT2D eigenvalue weighted by Gasteiger charge is -2.36. The monoisotopic (exact) mass is 394 g/mol. The van der Waals surface area contributed by atoms with E-state index < -0.39 is 6.04 Å². The second kappa shape index (κ2) is 8.08. The first-order valence-corrected chi connectivity index (χ1v) is 10.2. The van der Waals surface area contributed by atoms with E-state index in [1.165, 1.54) is 10.1 Å². The SMILES string of the molecule is NC(Cc1csc2ccccc12)C(=O)N1CCN(C(=O)c2cccnc2)CC1. The van der Waals surface area contributed by atoms with Crippen LogP contribution < -0.4 is 5.73 Å². The molecule has 1 saturated heterocycles. The first kappa shape index (κ1) is 18.6. The number of amides is 2. The van der Waals surface area contributed by atoms with Crippen molar-refractivity contribution >= 4 is 33.2 Å². The zero-order chi connectivity index (χ0) is 19.5. The molecule has 1 fully saturated rings. The smallest absolute Gasteiger partial charge is 0.255 e. The Kier molecular flexibility index (Phi) is 5.36. The van der Waals surface area contributed by atoms with Gasteiger partial charge in [0.15, 0.2) is 0 Å². The number of nitrogens with two attached hydrogens (primary N) is 1. The van der Waals surface area contributed by atoms with Crippen LogP contribution in [0.2, 0.25) is 0 Å². The van der Waals surface area contributed by atoms with Gasteiger partial charge < -0.3 is 15.5 Å². The lowest BCUT2D eigenvalue weighted by atomic mass is 10.0. The number of thiophene rings is 1. The fourth-order valence-electron chi connectivity index (χ4n) is 3.55. The van der Waals surface area contributed by atoms with Crippen molar-refractivity contribution in [2.24, 2.45) is 5.73 Å². The van der Waals surface area contributed by atoms with Crippen LogP contribution in [-0.4, -0.2) is 58.8 Å². The fraction of sp³-hybridized carbons (Fsp3) is 0.286. The molecule has 0 spiro atoms. The Labute approximate surface area is 167 Å². The molecule has 3 aromatic rings. The third kappa shape index (κ3) is 3.76. The Morgan fingerprint density at radius 2 is 1.82 bits per heavy atom. The summed E-state index contributed by atoms with van der Waals surface area (Å²) in [6, 6.07) is 11.1. The average Bonchev–Trinajstić information content (AvgIpc) is 3.16. The van der Waals surface area contributed by atoms with Crippen molar-refractivity contribution < 1.29 is 9.59 Å². The summed E-state index contributed by atoms with van der Waals surface area (Å²) in [4.78, 5) is 32.8. The molecule has 1 atom stereocenters. The molecule has 4 rings (SSSR count). The highest BCUT2D eigenvalue weighted by molar-refractivity contribution is 7.17. The minimum Gasteiger partial charge on any atom is -0.338 e. The van der Waals surface area contributed by atoms with Crippen LogP contribution in [-0.2, 0) is 11.2 Å². The largest absolute Gasteiger partial charge is 0.338 e. The predicted molar refractivity (Wildman–Crippen MR) is 110 cm³/mol. The Bertz CT molecular complexity index is 980. The van der Waals surface area contributed by atoms with Crippen LogP contribution in [0.15, 0.2) is 54.2 Å². The molecule has 2 N–H and O–H groups in total. The highest BCUT2D eigenvalue weighted by Gasteiger charge is 2.28. The van der Waals surface area contributed by atoms with Crippen molar-refractivity contribution in [3.8, 4) is 0 Å². The van der Waals surface area contributed by atoms with Crippen LogP contribution >= 0.6 is 11.3 Å². The molecule has 0 bridgehead atoms. The number of pyridine rings is 1. The van der Waals surface area contributed by atoms with Gasteiger partial charge in [-0.1, -0.05) is 18.2 Å². The van der Waals surface area contributed by atoms with E-state index in [1.54, 1.807) is 45.7 Å². The summed E-state index contributed by atoms with van der Waals surface area (Å²) >= 11 is 1.67. The molecule has 6 nitrogen and oxygen atoms in total. The molecule has 28 heavy (non-hydrogen) atoms. The zero-order valence-electron chi connectivity index (χ0n) is 15.5. The predicted octanol–water partition coefficient (Wildman–Crippen LogP) is 2.15. The molecule has 7 heteroatoms. The topological polar surface area (TPSA) is 79.5 Å². The fourth-order valence-corrected chi connectivity index (χ4v) is 4.53. The minimum atomic E-state index is -0.571. The summed E-state index contributed by atoms with van der Waals surface area (Å²) < 4.78 is 1.21. The zero-order valence-corrected chi connectivity index (χ0v) is 16.3. The van der Waals surface area contributed by atoms with Crippen molar-refractivity contribution in [1.29, 1.82) is 0 Å². The molecule has 3 heterocycles. The highest BCUT2D eigenvalue weighted by atomic mass is 32.1. The molecule has 2 amide bonds. The van der Waals surface area contributed by atoms with E-state index in [9.17, 15) is 9.59 Å². The molecule has 0 aliphatic carbocycles. The van der Waals surface area contributed by atoms with Crippen LogP contribution in [0.3, 0.4) is 0 Å². The van der Waals surface area contributed by atoms with Gasteiger partial charge in [0.2, 0.25) is 5.91 Å². The Morgan fingerprint density at radius 3 is 2.57 bits per heavy atom. The number of fused-ring (bicyclic) bond motifs is 1. The van der Waals surface area contributed by atoms with E-state index in [-0.39, 0.29) is 11.8 Å². The molecule has 0 saturated carbocycles. The van der Waals surface area contributed by atoms with E-state index in [2.05, 4.69) is 22.5 Å². The van der Waals surface area contributed by atoms with Gasteiger partial charge in [0.1, 0.15) is 0 Å². The van der Waals surface area contributed by atoms with E-state index >= 15 is 0 Å². The second-order valence-electron chi connectivity index (χ2n) is 6.93. The molecular weight excluding hydrogens is 372 g/mol. The van der Waals surface area contributed by atoms with Gasteiger partial charge in [-0.15, -0.1) is 11.3 Å². The lowest BCUT2D eigenvalue weighted by Crippen LogP contribution is -2.54. The summed E-state index contributed by atoms with van der Waals surface area (Å²) in [5.74, 6) is -0.0991. The maximum Gasteiger partial charge on any atom is 0.255 e. The average molecular weight is 395 g/mol. The molecule has 144 valence electrons. The summed E-state index contributed by atoms with van der Waals surface area (Å²) in [7, 11) is 0. The van der Waals surface area contributed by atoms with Crippen LogP contribution in [0.25, 0.3) is 10.1 Å². The summed E-state index contributed by atoms with van der Waals surface area (Å²) in [6.45, 7) is 2.02. The summed E-state index contributed by atoms with van der Waals surface area (Å²) in [6.07, 6.45) is 3.74. The maximum absolute atomic E-state index is 12.8. The first-order valence-electron chi connectivity index (χ1n) is 9.32. The molecule has 1 unspecified atom stereocenters. The van der Waals surface area contributed by atoms with Crippen molar-refractivity contribution in [3.05, 3.63) is 65.3 Å². The van der Waals surface area contributed by atoms with Crippen LogP contribution in [0.4, 0.5) is 0 Å². The Morgan fingerprint density at radius 1 is 1.07 bits per heavy atom.